The summed E-state index contributed by atoms with van der Waals surface area (Å²) >= 11 is 5.63. The van der Waals surface area contributed by atoms with Crippen LogP contribution in [0.2, 0.25) is 5.02 Å². The minimum atomic E-state index is -0.605. The molecule has 19 heavy (non-hydrogen) atoms. The Morgan fingerprint density at radius 2 is 1.84 bits per heavy atom. The quantitative estimate of drug-likeness (QED) is 0.640. The van der Waals surface area contributed by atoms with Gasteiger partial charge in [0.25, 0.3) is 0 Å². The van der Waals surface area contributed by atoms with Crippen molar-refractivity contribution in [2.24, 2.45) is 4.99 Å². The normalized spacial score (nSPS) is 10.9. The topological polar surface area (TPSA) is 24.4 Å². The third-order valence-electron chi connectivity index (χ3n) is 2.55. The van der Waals surface area contributed by atoms with Gasteiger partial charge >= 0.3 is 0 Å². The molecule has 0 aliphatic rings. The summed E-state index contributed by atoms with van der Waals surface area (Å²) in [6.45, 7) is 1.66. The zero-order chi connectivity index (χ0) is 13.8. The first-order valence-electron chi connectivity index (χ1n) is 5.58. The Hall–Kier alpha value is -1.94. The third-order valence-corrected chi connectivity index (χ3v) is 2.84. The first-order chi connectivity index (χ1) is 9.09. The van der Waals surface area contributed by atoms with Gasteiger partial charge in [0.1, 0.15) is 11.5 Å². The van der Waals surface area contributed by atoms with Crippen molar-refractivity contribution in [2.45, 2.75) is 6.92 Å². The molecule has 0 fully saturated rings. The lowest BCUT2D eigenvalue weighted by atomic mass is 10.2. The number of aryl methyl sites for hydroxylation is 1. The highest BCUT2D eigenvalue weighted by molar-refractivity contribution is 6.31. The Labute approximate surface area is 114 Å². The number of nitrogens with zero attached hydrogens (tertiary/aromatic N) is 1. The molecule has 2 rings (SSSR count). The van der Waals surface area contributed by atoms with Crippen molar-refractivity contribution in [1.82, 2.24) is 0 Å². The predicted molar refractivity (Wildman–Crippen MR) is 74.3 cm³/mol. The lowest BCUT2D eigenvalue weighted by Crippen LogP contribution is -1.98. The highest BCUT2D eigenvalue weighted by Crippen LogP contribution is 2.24. The van der Waals surface area contributed by atoms with Crippen LogP contribution >= 0.6 is 11.6 Å². The Balaban J connectivity index is 2.16. The van der Waals surface area contributed by atoms with Gasteiger partial charge in [0.05, 0.1) is 17.0 Å². The zero-order valence-corrected chi connectivity index (χ0v) is 10.9. The van der Waals surface area contributed by atoms with Crippen molar-refractivity contribution >= 4 is 29.3 Å². The summed E-state index contributed by atoms with van der Waals surface area (Å²) in [5.74, 6) is -0.965. The molecule has 0 spiro atoms. The van der Waals surface area contributed by atoms with Gasteiger partial charge in [-0.1, -0.05) is 29.8 Å². The SMILES string of the molecule is Cc1cccc(N/C=N/c2cccc(Cl)c2F)c1F. The van der Waals surface area contributed by atoms with Crippen LogP contribution in [0.3, 0.4) is 0 Å². The van der Waals surface area contributed by atoms with E-state index in [1.54, 1.807) is 31.2 Å². The van der Waals surface area contributed by atoms with Gasteiger partial charge in [0, 0.05) is 0 Å². The first-order valence-corrected chi connectivity index (χ1v) is 5.95. The van der Waals surface area contributed by atoms with Crippen LogP contribution < -0.4 is 5.32 Å². The molecule has 0 saturated carbocycles. The van der Waals surface area contributed by atoms with Gasteiger partial charge in [-0.3, -0.25) is 0 Å². The van der Waals surface area contributed by atoms with Crippen molar-refractivity contribution in [3.63, 3.8) is 0 Å². The van der Waals surface area contributed by atoms with Crippen LogP contribution in [0.4, 0.5) is 20.2 Å². The summed E-state index contributed by atoms with van der Waals surface area (Å²) in [5.41, 5.74) is 0.895. The van der Waals surface area contributed by atoms with Gasteiger partial charge < -0.3 is 5.32 Å². The number of aliphatic imine (C=N–C) groups is 1. The highest BCUT2D eigenvalue weighted by Gasteiger charge is 2.05. The molecule has 0 amide bonds. The molecule has 0 aliphatic carbocycles. The van der Waals surface area contributed by atoms with Crippen molar-refractivity contribution in [2.75, 3.05) is 5.32 Å². The number of nitrogens with one attached hydrogen (secondary N) is 1. The van der Waals surface area contributed by atoms with Gasteiger partial charge in [-0.05, 0) is 30.7 Å². The van der Waals surface area contributed by atoms with E-state index in [0.29, 0.717) is 5.56 Å². The molecule has 2 aromatic rings. The second kappa shape index (κ2) is 5.80. The minimum Gasteiger partial charge on any atom is -0.344 e. The van der Waals surface area contributed by atoms with E-state index in [4.69, 9.17) is 11.6 Å². The molecule has 2 nitrogen and oxygen atoms in total. The molecule has 0 heterocycles. The molecule has 98 valence electrons. The zero-order valence-electron chi connectivity index (χ0n) is 10.1. The Morgan fingerprint density at radius 3 is 2.63 bits per heavy atom. The largest absolute Gasteiger partial charge is 0.344 e. The lowest BCUT2D eigenvalue weighted by Gasteiger charge is -2.04. The molecule has 0 aromatic heterocycles. The second-order valence-corrected chi connectivity index (χ2v) is 4.32. The predicted octanol–water partition coefficient (Wildman–Crippen LogP) is 4.70. The van der Waals surface area contributed by atoms with Crippen LogP contribution in [0.25, 0.3) is 0 Å². The fraction of sp³-hybridized carbons (Fsp3) is 0.0714. The van der Waals surface area contributed by atoms with Crippen molar-refractivity contribution in [1.29, 1.82) is 0 Å². The van der Waals surface area contributed by atoms with Crippen molar-refractivity contribution in [3.05, 3.63) is 58.6 Å². The average molecular weight is 281 g/mol. The van der Waals surface area contributed by atoms with E-state index in [9.17, 15) is 8.78 Å². The molecular weight excluding hydrogens is 270 g/mol. The molecule has 0 unspecified atom stereocenters. The molecular formula is C14H11ClF2N2. The molecule has 0 bridgehead atoms. The fourth-order valence-electron chi connectivity index (χ4n) is 1.52. The monoisotopic (exact) mass is 280 g/mol. The molecule has 0 atom stereocenters. The number of rotatable bonds is 3. The standard InChI is InChI=1S/C14H11ClF2N2/c1-9-4-2-6-11(13(9)16)18-8-19-12-7-3-5-10(15)14(12)17/h2-8H,1H3,(H,18,19). The first kappa shape index (κ1) is 13.5. The fourth-order valence-corrected chi connectivity index (χ4v) is 1.69. The molecule has 0 aliphatic heterocycles. The smallest absolute Gasteiger partial charge is 0.167 e. The maximum atomic E-state index is 13.7. The third kappa shape index (κ3) is 3.09. The van der Waals surface area contributed by atoms with Gasteiger partial charge in [0.15, 0.2) is 5.82 Å². The van der Waals surface area contributed by atoms with Crippen LogP contribution in [0.1, 0.15) is 5.56 Å². The summed E-state index contributed by atoms with van der Waals surface area (Å²) in [7, 11) is 0. The van der Waals surface area contributed by atoms with Crippen LogP contribution in [0.15, 0.2) is 41.4 Å². The van der Waals surface area contributed by atoms with E-state index in [0.717, 1.165) is 0 Å². The summed E-state index contributed by atoms with van der Waals surface area (Å²) in [5, 5.41) is 2.67. The maximum Gasteiger partial charge on any atom is 0.167 e. The van der Waals surface area contributed by atoms with E-state index in [2.05, 4.69) is 10.3 Å². The average Bonchev–Trinajstić information content (AvgIpc) is 2.39. The van der Waals surface area contributed by atoms with Crippen LogP contribution in [-0.4, -0.2) is 6.34 Å². The van der Waals surface area contributed by atoms with E-state index in [-0.39, 0.29) is 22.2 Å². The number of hydrogen-bond donors (Lipinski definition) is 1. The van der Waals surface area contributed by atoms with Crippen LogP contribution in [-0.2, 0) is 0 Å². The van der Waals surface area contributed by atoms with Gasteiger partial charge in [-0.2, -0.15) is 0 Å². The molecule has 1 N–H and O–H groups in total. The van der Waals surface area contributed by atoms with E-state index in [1.165, 1.54) is 18.5 Å². The van der Waals surface area contributed by atoms with E-state index < -0.39 is 5.82 Å². The summed E-state index contributed by atoms with van der Waals surface area (Å²) in [6.07, 6.45) is 1.23. The molecule has 2 aromatic carbocycles. The summed E-state index contributed by atoms with van der Waals surface area (Å²) in [6, 6.07) is 9.45. The maximum absolute atomic E-state index is 13.7. The van der Waals surface area contributed by atoms with Gasteiger partial charge in [-0.15, -0.1) is 0 Å². The van der Waals surface area contributed by atoms with Crippen LogP contribution in [0.5, 0.6) is 0 Å². The Morgan fingerprint density at radius 1 is 1.11 bits per heavy atom. The van der Waals surface area contributed by atoms with Crippen molar-refractivity contribution < 1.29 is 8.78 Å². The number of benzene rings is 2. The number of halogens is 3. The van der Waals surface area contributed by atoms with Gasteiger partial charge in [-0.25, -0.2) is 13.8 Å². The van der Waals surface area contributed by atoms with Crippen molar-refractivity contribution in [3.8, 4) is 0 Å². The molecule has 5 heteroatoms. The molecule has 0 radical (unpaired) electrons. The van der Waals surface area contributed by atoms with Crippen LogP contribution in [0, 0.1) is 18.6 Å². The molecule has 0 saturated heterocycles. The van der Waals surface area contributed by atoms with E-state index in [1.807, 2.05) is 0 Å². The second-order valence-electron chi connectivity index (χ2n) is 3.91. The summed E-state index contributed by atoms with van der Waals surface area (Å²) in [4.78, 5) is 3.87. The number of anilines is 1. The van der Waals surface area contributed by atoms with E-state index >= 15 is 0 Å². The summed E-state index contributed by atoms with van der Waals surface area (Å²) < 4.78 is 27.2. The lowest BCUT2D eigenvalue weighted by molar-refractivity contribution is 0.623. The Kier molecular flexibility index (Phi) is 4.12. The highest BCUT2D eigenvalue weighted by atomic mass is 35.5. The number of hydrogen-bond acceptors (Lipinski definition) is 1. The Bertz CT molecular complexity index is 627. The minimum absolute atomic E-state index is 0.00335. The van der Waals surface area contributed by atoms with Gasteiger partial charge in [0.2, 0.25) is 0 Å².